The Morgan fingerprint density at radius 3 is 2.59 bits per heavy atom. The summed E-state index contributed by atoms with van der Waals surface area (Å²) in [6.45, 7) is 1.77. The molecule has 152 valence electrons. The number of hydrogen-bond donors (Lipinski definition) is 1. The van der Waals surface area contributed by atoms with E-state index in [1.54, 1.807) is 12.1 Å². The van der Waals surface area contributed by atoms with Crippen molar-refractivity contribution in [2.75, 3.05) is 20.2 Å². The Morgan fingerprint density at radius 1 is 1.14 bits per heavy atom. The minimum Gasteiger partial charge on any atom is -0.504 e. The van der Waals surface area contributed by atoms with Crippen molar-refractivity contribution >= 4 is 0 Å². The third-order valence-electron chi connectivity index (χ3n) is 5.35. The largest absolute Gasteiger partial charge is 0.504 e. The Morgan fingerprint density at radius 2 is 1.90 bits per heavy atom. The van der Waals surface area contributed by atoms with Gasteiger partial charge < -0.3 is 14.4 Å². The van der Waals surface area contributed by atoms with E-state index in [4.69, 9.17) is 9.26 Å². The summed E-state index contributed by atoms with van der Waals surface area (Å²) in [7, 11) is 1.52. The zero-order chi connectivity index (χ0) is 20.3. The number of hydrogen-bond acceptors (Lipinski definition) is 6. The molecule has 0 bridgehead atoms. The predicted octanol–water partition coefficient (Wildman–Crippen LogP) is 3.84. The van der Waals surface area contributed by atoms with Crippen LogP contribution in [0.4, 0.5) is 4.39 Å². The summed E-state index contributed by atoms with van der Waals surface area (Å²) in [5.41, 5.74) is 0.420. The van der Waals surface area contributed by atoms with Crippen LogP contribution in [0, 0.1) is 0 Å². The molecule has 0 unspecified atom stereocenters. The van der Waals surface area contributed by atoms with Crippen molar-refractivity contribution < 1.29 is 18.8 Å². The van der Waals surface area contributed by atoms with Gasteiger partial charge in [-0.15, -0.1) is 0 Å². The molecule has 1 N–H and O–H groups in total. The van der Waals surface area contributed by atoms with E-state index in [0.29, 0.717) is 50.5 Å². The van der Waals surface area contributed by atoms with Crippen LogP contribution in [0.2, 0.25) is 0 Å². The molecule has 0 spiro atoms. The molecule has 4 rings (SSSR count). The van der Waals surface area contributed by atoms with Crippen molar-refractivity contribution in [3.63, 3.8) is 0 Å². The summed E-state index contributed by atoms with van der Waals surface area (Å²) in [5, 5.41) is 13.9. The summed E-state index contributed by atoms with van der Waals surface area (Å²) >= 11 is 0. The number of piperidine rings is 1. The molecule has 1 saturated heterocycles. The third kappa shape index (κ3) is 4.40. The average Bonchev–Trinajstić information content (AvgIpc) is 3.20. The van der Waals surface area contributed by atoms with Crippen LogP contribution in [0.25, 0.3) is 0 Å². The fourth-order valence-electron chi connectivity index (χ4n) is 3.66. The molecule has 6 nitrogen and oxygen atoms in total. The summed E-state index contributed by atoms with van der Waals surface area (Å²) in [6, 6.07) is 15.1. The first kappa shape index (κ1) is 19.4. The number of nitrogens with zero attached hydrogens (tertiary/aromatic N) is 3. The first-order valence-corrected chi connectivity index (χ1v) is 9.70. The van der Waals surface area contributed by atoms with Crippen molar-refractivity contribution in [2.24, 2.45) is 0 Å². The van der Waals surface area contributed by atoms with Gasteiger partial charge in [-0.2, -0.15) is 4.98 Å². The Labute approximate surface area is 168 Å². The normalized spacial score (nSPS) is 16.6. The van der Waals surface area contributed by atoms with E-state index >= 15 is 4.39 Å². The van der Waals surface area contributed by atoms with E-state index in [9.17, 15) is 5.11 Å². The molecular formula is C22H24FN3O3. The Balaban J connectivity index is 1.36. The summed E-state index contributed by atoms with van der Waals surface area (Å²) in [4.78, 5) is 6.48. The van der Waals surface area contributed by atoms with Crippen molar-refractivity contribution in [3.05, 3.63) is 71.4 Å². The minimum absolute atomic E-state index is 0.0742. The number of phenolic OH excluding ortho intramolecular Hbond substituents is 1. The van der Waals surface area contributed by atoms with Gasteiger partial charge in [-0.3, -0.25) is 4.90 Å². The first-order chi connectivity index (χ1) is 14.1. The number of aromatic hydroxyl groups is 1. The lowest BCUT2D eigenvalue weighted by molar-refractivity contribution is 0.0249. The van der Waals surface area contributed by atoms with Crippen LogP contribution >= 0.6 is 0 Å². The van der Waals surface area contributed by atoms with Gasteiger partial charge in [0.2, 0.25) is 0 Å². The maximum atomic E-state index is 15.5. The van der Waals surface area contributed by atoms with Crippen molar-refractivity contribution in [1.82, 2.24) is 15.0 Å². The van der Waals surface area contributed by atoms with E-state index in [0.717, 1.165) is 11.1 Å². The SMILES string of the molecule is COc1ccc(CN2CCC(F)(c3nc(Cc4ccccc4)no3)CC2)cc1O. The van der Waals surface area contributed by atoms with Gasteiger partial charge in [0.15, 0.2) is 23.0 Å². The Kier molecular flexibility index (Phi) is 5.49. The van der Waals surface area contributed by atoms with Crippen LogP contribution in [0.15, 0.2) is 53.1 Å². The van der Waals surface area contributed by atoms with E-state index in [2.05, 4.69) is 15.0 Å². The fraction of sp³-hybridized carbons (Fsp3) is 0.364. The van der Waals surface area contributed by atoms with Crippen LogP contribution in [-0.2, 0) is 18.6 Å². The van der Waals surface area contributed by atoms with Gasteiger partial charge in [-0.05, 0) is 23.3 Å². The second kappa shape index (κ2) is 8.21. The predicted molar refractivity (Wildman–Crippen MR) is 106 cm³/mol. The van der Waals surface area contributed by atoms with E-state index in [-0.39, 0.29) is 11.6 Å². The number of aromatic nitrogens is 2. The molecule has 3 aromatic rings. The Hall–Kier alpha value is -2.93. The van der Waals surface area contributed by atoms with Crippen molar-refractivity contribution in [3.8, 4) is 11.5 Å². The van der Waals surface area contributed by atoms with Gasteiger partial charge in [-0.25, -0.2) is 4.39 Å². The highest BCUT2D eigenvalue weighted by molar-refractivity contribution is 5.41. The average molecular weight is 397 g/mol. The first-order valence-electron chi connectivity index (χ1n) is 9.70. The maximum Gasteiger partial charge on any atom is 0.264 e. The van der Waals surface area contributed by atoms with Crippen LogP contribution in [0.3, 0.4) is 0 Å². The number of methoxy groups -OCH3 is 1. The lowest BCUT2D eigenvalue weighted by Crippen LogP contribution is -2.40. The van der Waals surface area contributed by atoms with Crippen molar-refractivity contribution in [2.45, 2.75) is 31.5 Å². The molecule has 2 aromatic carbocycles. The van der Waals surface area contributed by atoms with Crippen molar-refractivity contribution in [1.29, 1.82) is 0 Å². The molecule has 1 aliphatic heterocycles. The smallest absolute Gasteiger partial charge is 0.264 e. The number of likely N-dealkylation sites (tertiary alicyclic amines) is 1. The van der Waals surface area contributed by atoms with Gasteiger partial charge in [0, 0.05) is 38.9 Å². The molecule has 7 heteroatoms. The molecule has 29 heavy (non-hydrogen) atoms. The molecule has 0 atom stereocenters. The summed E-state index contributed by atoms with van der Waals surface area (Å²) in [5.74, 6) is 1.13. The second-order valence-electron chi connectivity index (χ2n) is 7.43. The number of halogens is 1. The number of ether oxygens (including phenoxy) is 1. The lowest BCUT2D eigenvalue weighted by Gasteiger charge is -2.34. The van der Waals surface area contributed by atoms with E-state index < -0.39 is 5.67 Å². The van der Waals surface area contributed by atoms with E-state index in [1.165, 1.54) is 7.11 Å². The summed E-state index contributed by atoms with van der Waals surface area (Å²) in [6.07, 6.45) is 1.11. The van der Waals surface area contributed by atoms with Gasteiger partial charge in [0.1, 0.15) is 0 Å². The maximum absolute atomic E-state index is 15.5. The van der Waals surface area contributed by atoms with Crippen LogP contribution in [-0.4, -0.2) is 40.3 Å². The quantitative estimate of drug-likeness (QED) is 0.682. The molecular weight excluding hydrogens is 373 g/mol. The summed E-state index contributed by atoms with van der Waals surface area (Å²) < 4.78 is 25.8. The van der Waals surface area contributed by atoms with Gasteiger partial charge in [-0.1, -0.05) is 41.6 Å². The van der Waals surface area contributed by atoms with Crippen LogP contribution < -0.4 is 4.74 Å². The highest BCUT2D eigenvalue weighted by atomic mass is 19.1. The molecule has 1 aliphatic rings. The molecule has 0 aliphatic carbocycles. The Bertz CT molecular complexity index is 953. The number of phenols is 1. The zero-order valence-electron chi connectivity index (χ0n) is 16.3. The zero-order valence-corrected chi connectivity index (χ0v) is 16.3. The van der Waals surface area contributed by atoms with Crippen LogP contribution in [0.1, 0.15) is 35.7 Å². The number of benzene rings is 2. The minimum atomic E-state index is -1.60. The van der Waals surface area contributed by atoms with Gasteiger partial charge >= 0.3 is 0 Å². The second-order valence-corrected chi connectivity index (χ2v) is 7.43. The van der Waals surface area contributed by atoms with Gasteiger partial charge in [0.25, 0.3) is 5.89 Å². The highest BCUT2D eigenvalue weighted by Gasteiger charge is 2.41. The lowest BCUT2D eigenvalue weighted by atomic mass is 9.93. The van der Waals surface area contributed by atoms with E-state index in [1.807, 2.05) is 36.4 Å². The molecule has 2 heterocycles. The van der Waals surface area contributed by atoms with Gasteiger partial charge in [0.05, 0.1) is 7.11 Å². The van der Waals surface area contributed by atoms with Crippen LogP contribution in [0.5, 0.6) is 11.5 Å². The number of rotatable bonds is 6. The standard InChI is InChI=1S/C22H24FN3O3/c1-28-19-8-7-17(13-18(19)27)15-26-11-9-22(23,10-12-26)21-24-20(25-29-21)14-16-5-3-2-4-6-16/h2-8,13,27H,9-12,14-15H2,1H3. The molecule has 1 fully saturated rings. The monoisotopic (exact) mass is 397 g/mol. The fourth-order valence-corrected chi connectivity index (χ4v) is 3.66. The highest BCUT2D eigenvalue weighted by Crippen LogP contribution is 2.37. The molecule has 0 radical (unpaired) electrons. The molecule has 1 aromatic heterocycles. The number of alkyl halides is 1. The topological polar surface area (TPSA) is 71.6 Å². The molecule has 0 saturated carbocycles. The third-order valence-corrected chi connectivity index (χ3v) is 5.35. The molecule has 0 amide bonds.